The van der Waals surface area contributed by atoms with E-state index in [-0.39, 0.29) is 0 Å². The predicted octanol–water partition coefficient (Wildman–Crippen LogP) is 2.42. The van der Waals surface area contributed by atoms with Gasteiger partial charge in [-0.2, -0.15) is 0 Å². The van der Waals surface area contributed by atoms with Gasteiger partial charge in [0.2, 0.25) is 0 Å². The molecule has 0 aromatic heterocycles. The molecule has 0 aliphatic carbocycles. The topological polar surface area (TPSA) is 30.5 Å². The lowest BCUT2D eigenvalue weighted by molar-refractivity contribution is 0.199. The van der Waals surface area contributed by atoms with E-state index in [4.69, 9.17) is 9.47 Å². The van der Waals surface area contributed by atoms with Crippen LogP contribution in [0.25, 0.3) is 0 Å². The number of methoxy groups -OCH3 is 2. The molecule has 0 saturated heterocycles. The summed E-state index contributed by atoms with van der Waals surface area (Å²) in [4.78, 5) is 0. The Labute approximate surface area is 110 Å². The van der Waals surface area contributed by atoms with Gasteiger partial charge >= 0.3 is 0 Å². The Kier molecular flexibility index (Phi) is 7.93. The highest BCUT2D eigenvalue weighted by molar-refractivity contribution is 5.29. The monoisotopic (exact) mass is 249 g/mol. The van der Waals surface area contributed by atoms with Crippen molar-refractivity contribution in [1.29, 1.82) is 0 Å². The molecule has 0 unspecified atom stereocenters. The average molecular weight is 249 g/mol. The van der Waals surface area contributed by atoms with Crippen molar-refractivity contribution in [2.45, 2.75) is 12.8 Å². The molecule has 0 saturated carbocycles. The summed E-state index contributed by atoms with van der Waals surface area (Å²) in [5.41, 5.74) is 1.28. The summed E-state index contributed by atoms with van der Waals surface area (Å²) < 4.78 is 10.1. The molecule has 0 fully saturated rings. The first kappa shape index (κ1) is 14.7. The van der Waals surface area contributed by atoms with Crippen LogP contribution in [0.5, 0.6) is 5.75 Å². The standard InChI is InChI=1S/C15H23NO2/c1-17-12-11-16-10-5-3-4-7-14-8-6-9-15(13-14)18-2/h3-4,6,8-9,13,16H,5,7,10-12H2,1-2H3. The highest BCUT2D eigenvalue weighted by atomic mass is 16.5. The van der Waals surface area contributed by atoms with E-state index < -0.39 is 0 Å². The molecule has 0 heterocycles. The zero-order chi connectivity index (χ0) is 13.1. The highest BCUT2D eigenvalue weighted by Crippen LogP contribution is 2.13. The minimum absolute atomic E-state index is 0.771. The Bertz CT molecular complexity index is 350. The predicted molar refractivity (Wildman–Crippen MR) is 75.2 cm³/mol. The molecule has 1 N–H and O–H groups in total. The molecule has 1 rings (SSSR count). The van der Waals surface area contributed by atoms with Crippen LogP contribution < -0.4 is 10.1 Å². The van der Waals surface area contributed by atoms with Crippen molar-refractivity contribution in [1.82, 2.24) is 5.32 Å². The summed E-state index contributed by atoms with van der Waals surface area (Å²) in [7, 11) is 3.41. The molecule has 0 bridgehead atoms. The lowest BCUT2D eigenvalue weighted by Crippen LogP contribution is -2.19. The van der Waals surface area contributed by atoms with Crippen LogP contribution in [0.4, 0.5) is 0 Å². The van der Waals surface area contributed by atoms with Crippen LogP contribution in [0, 0.1) is 0 Å². The Hall–Kier alpha value is -1.32. The number of hydrogen-bond acceptors (Lipinski definition) is 3. The molecule has 1 aromatic rings. The molecule has 0 amide bonds. The van der Waals surface area contributed by atoms with Gasteiger partial charge in [0.05, 0.1) is 13.7 Å². The molecule has 1 aromatic carbocycles. The van der Waals surface area contributed by atoms with Crippen molar-refractivity contribution < 1.29 is 9.47 Å². The lowest BCUT2D eigenvalue weighted by Gasteiger charge is -2.02. The maximum Gasteiger partial charge on any atom is 0.119 e. The first-order valence-corrected chi connectivity index (χ1v) is 6.34. The van der Waals surface area contributed by atoms with E-state index in [0.717, 1.165) is 38.3 Å². The van der Waals surface area contributed by atoms with Crippen LogP contribution in [-0.2, 0) is 11.2 Å². The second-order valence-electron chi connectivity index (χ2n) is 4.06. The van der Waals surface area contributed by atoms with Crippen LogP contribution in [0.15, 0.2) is 36.4 Å². The normalized spacial score (nSPS) is 11.0. The number of nitrogens with one attached hydrogen (secondary N) is 1. The van der Waals surface area contributed by atoms with E-state index in [0.29, 0.717) is 0 Å². The van der Waals surface area contributed by atoms with Gasteiger partial charge in [-0.1, -0.05) is 24.3 Å². The fourth-order valence-electron chi connectivity index (χ4n) is 1.62. The first-order valence-electron chi connectivity index (χ1n) is 6.34. The third kappa shape index (κ3) is 6.42. The first-order chi connectivity index (χ1) is 8.86. The zero-order valence-corrected chi connectivity index (χ0v) is 11.3. The van der Waals surface area contributed by atoms with Crippen molar-refractivity contribution in [3.05, 3.63) is 42.0 Å². The van der Waals surface area contributed by atoms with Crippen molar-refractivity contribution >= 4 is 0 Å². The third-order valence-electron chi connectivity index (χ3n) is 2.63. The van der Waals surface area contributed by atoms with Gasteiger partial charge < -0.3 is 14.8 Å². The lowest BCUT2D eigenvalue weighted by atomic mass is 10.1. The van der Waals surface area contributed by atoms with Crippen molar-refractivity contribution in [2.75, 3.05) is 33.9 Å². The molecule has 0 atom stereocenters. The van der Waals surface area contributed by atoms with Crippen LogP contribution >= 0.6 is 0 Å². The molecule has 3 nitrogen and oxygen atoms in total. The SMILES string of the molecule is COCCNCCC=CCc1cccc(OC)c1. The van der Waals surface area contributed by atoms with Gasteiger partial charge in [-0.15, -0.1) is 0 Å². The van der Waals surface area contributed by atoms with Crippen molar-refractivity contribution in [3.63, 3.8) is 0 Å². The third-order valence-corrected chi connectivity index (χ3v) is 2.63. The van der Waals surface area contributed by atoms with Gasteiger partial charge in [-0.3, -0.25) is 0 Å². The zero-order valence-electron chi connectivity index (χ0n) is 11.3. The molecule has 0 radical (unpaired) electrons. The summed E-state index contributed by atoms with van der Waals surface area (Å²) in [6.45, 7) is 2.69. The number of hydrogen-bond donors (Lipinski definition) is 1. The highest BCUT2D eigenvalue weighted by Gasteiger charge is 1.92. The van der Waals surface area contributed by atoms with E-state index in [9.17, 15) is 0 Å². The molecule has 0 spiro atoms. The van der Waals surface area contributed by atoms with Crippen LogP contribution in [0.1, 0.15) is 12.0 Å². The van der Waals surface area contributed by atoms with Gasteiger partial charge in [-0.25, -0.2) is 0 Å². The fourth-order valence-corrected chi connectivity index (χ4v) is 1.62. The Morgan fingerprint density at radius 3 is 2.83 bits per heavy atom. The van der Waals surface area contributed by atoms with Crippen molar-refractivity contribution in [3.8, 4) is 5.75 Å². The second kappa shape index (κ2) is 9.68. The van der Waals surface area contributed by atoms with Crippen LogP contribution in [0.3, 0.4) is 0 Å². The fraction of sp³-hybridized carbons (Fsp3) is 0.467. The summed E-state index contributed by atoms with van der Waals surface area (Å²) in [6, 6.07) is 8.17. The Morgan fingerprint density at radius 1 is 1.17 bits per heavy atom. The number of benzene rings is 1. The van der Waals surface area contributed by atoms with Gasteiger partial charge in [0.15, 0.2) is 0 Å². The number of rotatable bonds is 9. The largest absolute Gasteiger partial charge is 0.497 e. The molecular formula is C15H23NO2. The number of ether oxygens (including phenoxy) is 2. The van der Waals surface area contributed by atoms with E-state index in [1.165, 1.54) is 5.56 Å². The Balaban J connectivity index is 2.15. The van der Waals surface area contributed by atoms with Gasteiger partial charge in [0.25, 0.3) is 0 Å². The van der Waals surface area contributed by atoms with E-state index in [2.05, 4.69) is 29.6 Å². The van der Waals surface area contributed by atoms with E-state index in [1.807, 2.05) is 12.1 Å². The molecule has 0 aliphatic rings. The van der Waals surface area contributed by atoms with Crippen molar-refractivity contribution in [2.24, 2.45) is 0 Å². The molecule has 0 aliphatic heterocycles. The number of allylic oxidation sites excluding steroid dienone is 1. The summed E-state index contributed by atoms with van der Waals surface area (Å²) in [5.74, 6) is 0.919. The summed E-state index contributed by atoms with van der Waals surface area (Å²) in [6.07, 6.45) is 6.41. The minimum Gasteiger partial charge on any atom is -0.497 e. The second-order valence-corrected chi connectivity index (χ2v) is 4.06. The molecule has 18 heavy (non-hydrogen) atoms. The Morgan fingerprint density at radius 2 is 2.06 bits per heavy atom. The molecule has 100 valence electrons. The van der Waals surface area contributed by atoms with Gasteiger partial charge in [0, 0.05) is 13.7 Å². The van der Waals surface area contributed by atoms with Crippen LogP contribution in [-0.4, -0.2) is 33.9 Å². The molecular weight excluding hydrogens is 226 g/mol. The van der Waals surface area contributed by atoms with E-state index in [1.54, 1.807) is 14.2 Å². The summed E-state index contributed by atoms with van der Waals surface area (Å²) >= 11 is 0. The summed E-state index contributed by atoms with van der Waals surface area (Å²) in [5, 5.41) is 3.31. The maximum atomic E-state index is 5.19. The average Bonchev–Trinajstić information content (AvgIpc) is 2.42. The minimum atomic E-state index is 0.771. The van der Waals surface area contributed by atoms with E-state index >= 15 is 0 Å². The smallest absolute Gasteiger partial charge is 0.119 e. The van der Waals surface area contributed by atoms with Gasteiger partial charge in [-0.05, 0) is 37.1 Å². The molecule has 3 heteroatoms. The maximum absolute atomic E-state index is 5.19. The van der Waals surface area contributed by atoms with Gasteiger partial charge in [0.1, 0.15) is 5.75 Å². The van der Waals surface area contributed by atoms with Crippen LogP contribution in [0.2, 0.25) is 0 Å². The quantitative estimate of drug-likeness (QED) is 0.538.